The fraction of sp³-hybridized carbons (Fsp3) is 0.318. The largest absolute Gasteiger partial charge is 0.491 e. The van der Waals surface area contributed by atoms with Crippen molar-refractivity contribution in [2.24, 2.45) is 5.41 Å². The zero-order valence-electron chi connectivity index (χ0n) is 17.2. The van der Waals surface area contributed by atoms with Gasteiger partial charge in [0.05, 0.1) is 17.5 Å². The van der Waals surface area contributed by atoms with Crippen molar-refractivity contribution in [3.63, 3.8) is 0 Å². The molecule has 0 radical (unpaired) electrons. The second-order valence-electron chi connectivity index (χ2n) is 8.14. The van der Waals surface area contributed by atoms with Crippen molar-refractivity contribution in [1.82, 2.24) is 9.88 Å². The number of benzene rings is 2. The van der Waals surface area contributed by atoms with Crippen LogP contribution >= 0.6 is 0 Å². The molecule has 158 valence electrons. The van der Waals surface area contributed by atoms with Gasteiger partial charge in [-0.2, -0.15) is 0 Å². The Bertz CT molecular complexity index is 1050. The maximum absolute atomic E-state index is 12.1. The smallest absolute Gasteiger partial charge is 0.407 e. The summed E-state index contributed by atoms with van der Waals surface area (Å²) in [6.07, 6.45) is 0.712. The third kappa shape index (κ3) is 4.53. The SMILES string of the molecule is CC(C)(C)C(c1cccc([N+](=O)[O-])c1)N(CCOc1cccc2[nH]ccc12)C(=O)O. The fourth-order valence-corrected chi connectivity index (χ4v) is 3.73. The Hall–Kier alpha value is -3.55. The molecule has 2 N–H and O–H groups in total. The van der Waals surface area contributed by atoms with Gasteiger partial charge in [0.1, 0.15) is 12.4 Å². The number of hydrogen-bond acceptors (Lipinski definition) is 4. The van der Waals surface area contributed by atoms with Crippen LogP contribution in [0.4, 0.5) is 10.5 Å². The molecule has 0 bridgehead atoms. The maximum atomic E-state index is 12.1. The van der Waals surface area contributed by atoms with Crippen LogP contribution in [-0.2, 0) is 0 Å². The third-order valence-electron chi connectivity index (χ3n) is 4.92. The number of aromatic amines is 1. The molecule has 1 amide bonds. The lowest BCUT2D eigenvalue weighted by Crippen LogP contribution is -2.42. The minimum atomic E-state index is -1.11. The van der Waals surface area contributed by atoms with Gasteiger partial charge in [0.15, 0.2) is 0 Å². The molecular weight excluding hydrogens is 386 g/mol. The molecule has 2 aromatic carbocycles. The van der Waals surface area contributed by atoms with Gasteiger partial charge in [0.25, 0.3) is 5.69 Å². The highest BCUT2D eigenvalue weighted by molar-refractivity contribution is 5.85. The van der Waals surface area contributed by atoms with Crippen LogP contribution in [0.2, 0.25) is 0 Å². The Morgan fingerprint density at radius 3 is 2.63 bits per heavy atom. The molecule has 1 unspecified atom stereocenters. The van der Waals surface area contributed by atoms with Crippen LogP contribution in [0.3, 0.4) is 0 Å². The fourth-order valence-electron chi connectivity index (χ4n) is 3.73. The Morgan fingerprint density at radius 2 is 1.97 bits per heavy atom. The van der Waals surface area contributed by atoms with Crippen LogP contribution in [0.5, 0.6) is 5.75 Å². The van der Waals surface area contributed by atoms with E-state index in [2.05, 4.69) is 4.98 Å². The van der Waals surface area contributed by atoms with Crippen molar-refractivity contribution in [3.8, 4) is 5.75 Å². The Morgan fingerprint density at radius 1 is 1.23 bits per heavy atom. The van der Waals surface area contributed by atoms with Gasteiger partial charge in [-0.3, -0.25) is 15.0 Å². The molecule has 30 heavy (non-hydrogen) atoms. The normalized spacial score (nSPS) is 12.5. The van der Waals surface area contributed by atoms with E-state index in [1.165, 1.54) is 17.0 Å². The monoisotopic (exact) mass is 411 g/mol. The number of rotatable bonds is 7. The van der Waals surface area contributed by atoms with E-state index in [0.717, 1.165) is 10.9 Å². The van der Waals surface area contributed by atoms with Crippen LogP contribution in [-0.4, -0.2) is 39.2 Å². The van der Waals surface area contributed by atoms with Gasteiger partial charge in [-0.25, -0.2) is 4.79 Å². The molecule has 8 heteroatoms. The quantitative estimate of drug-likeness (QED) is 0.409. The van der Waals surface area contributed by atoms with E-state index in [0.29, 0.717) is 11.3 Å². The summed E-state index contributed by atoms with van der Waals surface area (Å²) < 4.78 is 5.89. The zero-order chi connectivity index (χ0) is 21.9. The zero-order valence-corrected chi connectivity index (χ0v) is 17.2. The Kier molecular flexibility index (Phi) is 5.96. The lowest BCUT2D eigenvalue weighted by Gasteiger charge is -2.39. The van der Waals surface area contributed by atoms with Crippen LogP contribution in [0.1, 0.15) is 32.4 Å². The summed E-state index contributed by atoms with van der Waals surface area (Å²) in [6.45, 7) is 5.99. The topological polar surface area (TPSA) is 109 Å². The first-order valence-corrected chi connectivity index (χ1v) is 9.61. The lowest BCUT2D eigenvalue weighted by atomic mass is 9.81. The third-order valence-corrected chi connectivity index (χ3v) is 4.92. The van der Waals surface area contributed by atoms with Crippen molar-refractivity contribution in [1.29, 1.82) is 0 Å². The van der Waals surface area contributed by atoms with Gasteiger partial charge in [0, 0.05) is 29.2 Å². The molecule has 0 saturated heterocycles. The number of hydrogen-bond donors (Lipinski definition) is 2. The number of carbonyl (C=O) groups is 1. The Labute approximate surface area is 174 Å². The molecule has 1 atom stereocenters. The highest BCUT2D eigenvalue weighted by Crippen LogP contribution is 2.39. The second-order valence-corrected chi connectivity index (χ2v) is 8.14. The van der Waals surface area contributed by atoms with E-state index in [9.17, 15) is 20.0 Å². The van der Waals surface area contributed by atoms with Gasteiger partial charge >= 0.3 is 6.09 Å². The average molecular weight is 411 g/mol. The minimum absolute atomic E-state index is 0.0672. The molecule has 0 aliphatic carbocycles. The first-order chi connectivity index (χ1) is 14.2. The summed E-state index contributed by atoms with van der Waals surface area (Å²) in [6, 6.07) is 13.1. The van der Waals surface area contributed by atoms with Crippen molar-refractivity contribution in [3.05, 3.63) is 70.4 Å². The number of nitro groups is 1. The van der Waals surface area contributed by atoms with Gasteiger partial charge in [0.2, 0.25) is 0 Å². The molecule has 0 aliphatic heterocycles. The van der Waals surface area contributed by atoms with E-state index in [1.807, 2.05) is 51.2 Å². The average Bonchev–Trinajstić information content (AvgIpc) is 3.15. The summed E-state index contributed by atoms with van der Waals surface area (Å²) in [5, 5.41) is 22.0. The Balaban J connectivity index is 1.84. The first-order valence-electron chi connectivity index (χ1n) is 9.61. The van der Waals surface area contributed by atoms with E-state index < -0.39 is 22.5 Å². The predicted molar refractivity (Wildman–Crippen MR) is 114 cm³/mol. The van der Waals surface area contributed by atoms with E-state index in [-0.39, 0.29) is 18.8 Å². The summed E-state index contributed by atoms with van der Waals surface area (Å²) in [5.74, 6) is 0.668. The van der Waals surface area contributed by atoms with E-state index >= 15 is 0 Å². The summed E-state index contributed by atoms with van der Waals surface area (Å²) in [5.41, 5.74) is 0.954. The number of H-pyrrole nitrogens is 1. The molecule has 8 nitrogen and oxygen atoms in total. The maximum Gasteiger partial charge on any atom is 0.407 e. The van der Waals surface area contributed by atoms with Gasteiger partial charge in [-0.15, -0.1) is 0 Å². The van der Waals surface area contributed by atoms with Crippen LogP contribution in [0.25, 0.3) is 10.9 Å². The summed E-state index contributed by atoms with van der Waals surface area (Å²) in [7, 11) is 0. The molecule has 0 saturated carbocycles. The number of nitrogens with zero attached hydrogens (tertiary/aromatic N) is 2. The summed E-state index contributed by atoms with van der Waals surface area (Å²) >= 11 is 0. The van der Waals surface area contributed by atoms with Crippen LogP contribution in [0.15, 0.2) is 54.7 Å². The molecule has 0 fully saturated rings. The van der Waals surface area contributed by atoms with Crippen LogP contribution < -0.4 is 4.74 Å². The molecule has 3 rings (SSSR count). The number of ether oxygens (including phenoxy) is 1. The summed E-state index contributed by atoms with van der Waals surface area (Å²) in [4.78, 5) is 27.2. The van der Waals surface area contributed by atoms with Crippen LogP contribution in [0, 0.1) is 15.5 Å². The molecule has 1 aromatic heterocycles. The predicted octanol–water partition coefficient (Wildman–Crippen LogP) is 5.22. The second kappa shape index (κ2) is 8.44. The number of nitrogens with one attached hydrogen (secondary N) is 1. The van der Waals surface area contributed by atoms with E-state index in [1.54, 1.807) is 12.1 Å². The van der Waals surface area contributed by atoms with Crippen molar-refractivity contribution in [2.75, 3.05) is 13.2 Å². The highest BCUT2D eigenvalue weighted by Gasteiger charge is 2.35. The molecule has 3 aromatic rings. The molecular formula is C22H25N3O5. The van der Waals surface area contributed by atoms with E-state index in [4.69, 9.17) is 4.74 Å². The number of nitro benzene ring substituents is 1. The number of fused-ring (bicyclic) bond motifs is 1. The minimum Gasteiger partial charge on any atom is -0.491 e. The lowest BCUT2D eigenvalue weighted by molar-refractivity contribution is -0.385. The molecule has 1 heterocycles. The highest BCUT2D eigenvalue weighted by atomic mass is 16.6. The number of carboxylic acid groups (broad SMARTS) is 1. The molecule has 0 aliphatic rings. The molecule has 0 spiro atoms. The van der Waals surface area contributed by atoms with Gasteiger partial charge < -0.3 is 14.8 Å². The number of non-ortho nitro benzene ring substituents is 1. The van der Waals surface area contributed by atoms with Crippen molar-refractivity contribution in [2.45, 2.75) is 26.8 Å². The van der Waals surface area contributed by atoms with Gasteiger partial charge in [-0.1, -0.05) is 39.0 Å². The van der Waals surface area contributed by atoms with Crippen molar-refractivity contribution >= 4 is 22.7 Å². The standard InChI is InChI=1S/C22H25N3O5/c1-22(2,3)20(15-6-4-7-16(14-15)25(28)29)24(21(26)27)12-13-30-19-9-5-8-18-17(19)10-11-23-18/h4-11,14,20,23H,12-13H2,1-3H3,(H,26,27). The first kappa shape index (κ1) is 21.2. The number of amides is 1. The van der Waals surface area contributed by atoms with Gasteiger partial charge in [-0.05, 0) is 29.2 Å². The number of aromatic nitrogens is 1. The van der Waals surface area contributed by atoms with Crippen molar-refractivity contribution < 1.29 is 19.6 Å².